The molecule has 2 rings (SSSR count). The number of hydrogen-bond donors (Lipinski definition) is 1. The lowest BCUT2D eigenvalue weighted by atomic mass is 10.3. The van der Waals surface area contributed by atoms with Gasteiger partial charge in [0.15, 0.2) is 5.96 Å². The first-order valence-corrected chi connectivity index (χ1v) is 9.23. The molecule has 0 saturated carbocycles. The normalized spacial score (nSPS) is 12.5. The maximum Gasteiger partial charge on any atom is 0.193 e. The van der Waals surface area contributed by atoms with Gasteiger partial charge in [-0.05, 0) is 19.8 Å². The van der Waals surface area contributed by atoms with Gasteiger partial charge >= 0.3 is 0 Å². The quantitative estimate of drug-likeness (QED) is 0.250. The van der Waals surface area contributed by atoms with E-state index in [-0.39, 0.29) is 30.1 Å². The van der Waals surface area contributed by atoms with Gasteiger partial charge < -0.3 is 19.5 Å². The average molecular weight is 493 g/mol. The van der Waals surface area contributed by atoms with Crippen molar-refractivity contribution in [2.75, 3.05) is 27.7 Å². The Morgan fingerprint density at radius 2 is 2.12 bits per heavy atom. The molecule has 0 aliphatic rings. The Morgan fingerprint density at radius 1 is 1.38 bits per heavy atom. The number of halogens is 1. The fraction of sp³-hybridized carbons (Fsp3) is 0.625. The molecule has 2 aromatic heterocycles. The summed E-state index contributed by atoms with van der Waals surface area (Å²) in [6, 6.07) is 0. The van der Waals surface area contributed by atoms with Crippen molar-refractivity contribution in [2.45, 2.75) is 39.0 Å². The van der Waals surface area contributed by atoms with Gasteiger partial charge in [0.1, 0.15) is 23.8 Å². The highest BCUT2D eigenvalue weighted by molar-refractivity contribution is 14.0. The maximum atomic E-state index is 5.31. The number of unbranched alkanes of at least 4 members (excludes halogenated alkanes) is 1. The molecular formula is C16H28IN7OS. The number of thiazole rings is 1. The zero-order valence-electron chi connectivity index (χ0n) is 15.8. The van der Waals surface area contributed by atoms with Crippen molar-refractivity contribution in [3.63, 3.8) is 0 Å². The molecule has 10 heteroatoms. The molecule has 1 unspecified atom stereocenters. The van der Waals surface area contributed by atoms with Crippen molar-refractivity contribution in [1.29, 1.82) is 0 Å². The van der Waals surface area contributed by atoms with E-state index in [0.29, 0.717) is 6.54 Å². The first-order chi connectivity index (χ1) is 12.1. The minimum absolute atomic E-state index is 0. The number of aromatic nitrogens is 4. The molecule has 0 radical (unpaired) electrons. The largest absolute Gasteiger partial charge is 0.375 e. The molecule has 8 nitrogen and oxygen atoms in total. The number of hydrogen-bond acceptors (Lipinski definition) is 6. The van der Waals surface area contributed by atoms with Crippen molar-refractivity contribution in [2.24, 2.45) is 4.99 Å². The maximum absolute atomic E-state index is 5.31. The van der Waals surface area contributed by atoms with Gasteiger partial charge in [-0.3, -0.25) is 4.99 Å². The lowest BCUT2D eigenvalue weighted by Gasteiger charge is -2.21. The third-order valence-electron chi connectivity index (χ3n) is 3.84. The molecule has 0 saturated heterocycles. The molecule has 26 heavy (non-hydrogen) atoms. The zero-order chi connectivity index (χ0) is 18.1. The van der Waals surface area contributed by atoms with Crippen LogP contribution in [0.2, 0.25) is 0 Å². The van der Waals surface area contributed by atoms with E-state index in [9.17, 15) is 0 Å². The van der Waals surface area contributed by atoms with Crippen LogP contribution in [0.3, 0.4) is 0 Å². The predicted octanol–water partition coefficient (Wildman–Crippen LogP) is 2.55. The van der Waals surface area contributed by atoms with Crippen LogP contribution < -0.4 is 5.32 Å². The highest BCUT2D eigenvalue weighted by atomic mass is 127. The van der Waals surface area contributed by atoms with E-state index in [1.807, 2.05) is 18.5 Å². The van der Waals surface area contributed by atoms with Crippen LogP contribution in [0.15, 0.2) is 23.0 Å². The number of rotatable bonds is 9. The highest BCUT2D eigenvalue weighted by Crippen LogP contribution is 2.20. The van der Waals surface area contributed by atoms with Crippen molar-refractivity contribution in [3.8, 4) is 0 Å². The first kappa shape index (κ1) is 22.8. The Bertz CT molecular complexity index is 647. The Balaban J connectivity index is 0.00000338. The van der Waals surface area contributed by atoms with Gasteiger partial charge in [-0.1, -0.05) is 0 Å². The molecule has 0 bridgehead atoms. The van der Waals surface area contributed by atoms with Crippen LogP contribution in [-0.2, 0) is 17.8 Å². The lowest BCUT2D eigenvalue weighted by molar-refractivity contribution is 0.119. The number of nitrogens with zero attached hydrogens (tertiary/aromatic N) is 6. The summed E-state index contributed by atoms with van der Waals surface area (Å²) in [5.41, 5.74) is 1.03. The highest BCUT2D eigenvalue weighted by Gasteiger charge is 2.12. The molecule has 0 spiro atoms. The van der Waals surface area contributed by atoms with Crippen molar-refractivity contribution >= 4 is 41.3 Å². The third-order valence-corrected chi connectivity index (χ3v) is 4.89. The van der Waals surface area contributed by atoms with Crippen LogP contribution in [0.4, 0.5) is 0 Å². The number of ether oxygens (including phenoxy) is 1. The molecule has 2 heterocycles. The van der Waals surface area contributed by atoms with Gasteiger partial charge in [0, 0.05) is 39.7 Å². The summed E-state index contributed by atoms with van der Waals surface area (Å²) in [5.74, 6) is 0.874. The Labute approximate surface area is 176 Å². The second kappa shape index (κ2) is 12.2. The van der Waals surface area contributed by atoms with Gasteiger partial charge in [-0.15, -0.1) is 45.5 Å². The minimum Gasteiger partial charge on any atom is -0.375 e. The van der Waals surface area contributed by atoms with E-state index in [2.05, 4.69) is 35.8 Å². The molecule has 0 aliphatic heterocycles. The van der Waals surface area contributed by atoms with E-state index < -0.39 is 0 Å². The van der Waals surface area contributed by atoms with E-state index in [1.165, 1.54) is 0 Å². The zero-order valence-corrected chi connectivity index (χ0v) is 18.9. The molecule has 1 N–H and O–H groups in total. The van der Waals surface area contributed by atoms with Gasteiger partial charge in [-0.25, -0.2) is 4.98 Å². The lowest BCUT2D eigenvalue weighted by Crippen LogP contribution is -2.39. The van der Waals surface area contributed by atoms with E-state index >= 15 is 0 Å². The van der Waals surface area contributed by atoms with Crippen molar-refractivity contribution in [1.82, 2.24) is 30.0 Å². The molecular weight excluding hydrogens is 465 g/mol. The van der Waals surface area contributed by atoms with E-state index in [0.717, 1.165) is 42.6 Å². The molecule has 0 amide bonds. The van der Waals surface area contributed by atoms with Crippen LogP contribution in [-0.4, -0.2) is 58.4 Å². The Kier molecular flexibility index (Phi) is 10.7. The number of nitrogens with one attached hydrogen (secondary N) is 1. The summed E-state index contributed by atoms with van der Waals surface area (Å²) in [5, 5.41) is 14.1. The molecule has 2 aromatic rings. The van der Waals surface area contributed by atoms with Crippen LogP contribution in [0.25, 0.3) is 0 Å². The monoisotopic (exact) mass is 493 g/mol. The standard InChI is InChI=1S/C16H27N7OS.HI/c1-13(24-4)15-21-14(10-25-15)9-22(3)16(17-2)18-7-5-6-8-23-11-19-20-12-23;/h10-13H,5-9H2,1-4H3,(H,17,18);1H. The predicted molar refractivity (Wildman–Crippen MR) is 115 cm³/mol. The molecule has 146 valence electrons. The average Bonchev–Trinajstić information content (AvgIpc) is 3.29. The van der Waals surface area contributed by atoms with Gasteiger partial charge in [0.25, 0.3) is 0 Å². The summed E-state index contributed by atoms with van der Waals surface area (Å²) < 4.78 is 7.30. The molecule has 1 atom stereocenters. The summed E-state index contributed by atoms with van der Waals surface area (Å²) >= 11 is 1.63. The summed E-state index contributed by atoms with van der Waals surface area (Å²) in [7, 11) is 5.52. The van der Waals surface area contributed by atoms with Crippen LogP contribution in [0, 0.1) is 0 Å². The smallest absolute Gasteiger partial charge is 0.193 e. The fourth-order valence-electron chi connectivity index (χ4n) is 2.34. The molecule has 0 fully saturated rings. The Morgan fingerprint density at radius 3 is 2.77 bits per heavy atom. The van der Waals surface area contributed by atoms with Gasteiger partial charge in [-0.2, -0.15) is 0 Å². The summed E-state index contributed by atoms with van der Waals surface area (Å²) in [4.78, 5) is 11.1. The molecule has 0 aromatic carbocycles. The second-order valence-electron chi connectivity index (χ2n) is 5.79. The van der Waals surface area contributed by atoms with Gasteiger partial charge in [0.05, 0.1) is 12.2 Å². The number of aliphatic imine (C=N–C) groups is 1. The van der Waals surface area contributed by atoms with E-state index in [4.69, 9.17) is 4.74 Å². The number of guanidine groups is 1. The van der Waals surface area contributed by atoms with Crippen molar-refractivity contribution in [3.05, 3.63) is 28.7 Å². The van der Waals surface area contributed by atoms with Gasteiger partial charge in [0.2, 0.25) is 0 Å². The van der Waals surface area contributed by atoms with Crippen LogP contribution >= 0.6 is 35.3 Å². The number of aryl methyl sites for hydroxylation is 1. The topological polar surface area (TPSA) is 80.5 Å². The third kappa shape index (κ3) is 7.16. The Hall–Kier alpha value is -1.27. The SMILES string of the molecule is CN=C(NCCCCn1cnnc1)N(C)Cc1csc(C(C)OC)n1.I. The minimum atomic E-state index is 0. The summed E-state index contributed by atoms with van der Waals surface area (Å²) in [6.45, 7) is 4.53. The van der Waals surface area contributed by atoms with E-state index in [1.54, 1.807) is 38.1 Å². The summed E-state index contributed by atoms with van der Waals surface area (Å²) in [6.07, 6.45) is 5.64. The van der Waals surface area contributed by atoms with Crippen LogP contribution in [0.1, 0.15) is 36.6 Å². The fourth-order valence-corrected chi connectivity index (χ4v) is 3.18. The van der Waals surface area contributed by atoms with Crippen LogP contribution in [0.5, 0.6) is 0 Å². The second-order valence-corrected chi connectivity index (χ2v) is 6.68. The van der Waals surface area contributed by atoms with Crippen molar-refractivity contribution < 1.29 is 4.74 Å². The number of methoxy groups -OCH3 is 1. The molecule has 0 aliphatic carbocycles. The first-order valence-electron chi connectivity index (χ1n) is 8.35.